The Morgan fingerprint density at radius 3 is 2.48 bits per heavy atom. The van der Waals surface area contributed by atoms with Crippen LogP contribution in [0.1, 0.15) is 5.56 Å². The summed E-state index contributed by atoms with van der Waals surface area (Å²) in [5, 5.41) is 11.8. The van der Waals surface area contributed by atoms with E-state index >= 15 is 0 Å². The number of aryl methyl sites for hydroxylation is 1. The predicted molar refractivity (Wildman–Crippen MR) is 110 cm³/mol. The summed E-state index contributed by atoms with van der Waals surface area (Å²) in [5.41, 5.74) is 1.61. The molecule has 0 unspecified atom stereocenters. The van der Waals surface area contributed by atoms with E-state index in [9.17, 15) is 9.18 Å². The van der Waals surface area contributed by atoms with Crippen molar-refractivity contribution in [3.8, 4) is 11.3 Å². The molecule has 7 nitrogen and oxygen atoms in total. The molecule has 2 saturated heterocycles. The fourth-order valence-electron chi connectivity index (χ4n) is 3.82. The Bertz CT molecular complexity index is 845. The summed E-state index contributed by atoms with van der Waals surface area (Å²) in [6, 6.07) is 9.00. The number of carbonyl (C=O) groups is 1. The molecule has 2 fully saturated rings. The maximum Gasteiger partial charge on any atom is 0.236 e. The molecule has 154 valence electrons. The van der Waals surface area contributed by atoms with Gasteiger partial charge in [0.05, 0.1) is 12.2 Å². The summed E-state index contributed by atoms with van der Waals surface area (Å²) in [6.45, 7) is 8.77. The molecule has 4 rings (SSSR count). The first-order chi connectivity index (χ1) is 14.1. The number of benzene rings is 1. The number of rotatable bonds is 4. The average molecular weight is 398 g/mol. The maximum atomic E-state index is 14.3. The summed E-state index contributed by atoms with van der Waals surface area (Å²) in [6.07, 6.45) is 0. The minimum Gasteiger partial charge on any atom is -0.353 e. The Labute approximate surface area is 170 Å². The van der Waals surface area contributed by atoms with Crippen molar-refractivity contribution in [3.63, 3.8) is 0 Å². The quantitative estimate of drug-likeness (QED) is 0.834. The summed E-state index contributed by atoms with van der Waals surface area (Å²) >= 11 is 0. The van der Waals surface area contributed by atoms with Gasteiger partial charge < -0.3 is 15.1 Å². The standard InChI is InChI=1S/C21H27FN6O/c1-16-3-2-4-17(21(16)22)18-5-6-19(25-24-18)27-13-11-26(12-14-27)15-20(29)28-9-7-23-8-10-28/h2-6,23H,7-15H2,1H3. The lowest BCUT2D eigenvalue weighted by atomic mass is 10.1. The number of halogens is 1. The molecular weight excluding hydrogens is 371 g/mol. The van der Waals surface area contributed by atoms with Crippen LogP contribution in [-0.4, -0.2) is 84.8 Å². The SMILES string of the molecule is Cc1cccc(-c2ccc(N3CCN(CC(=O)N4CCNCC4)CC3)nn2)c1F. The van der Waals surface area contributed by atoms with Crippen molar-refractivity contribution >= 4 is 11.7 Å². The van der Waals surface area contributed by atoms with Crippen LogP contribution in [-0.2, 0) is 4.79 Å². The summed E-state index contributed by atoms with van der Waals surface area (Å²) in [4.78, 5) is 18.7. The molecule has 0 radical (unpaired) electrons. The van der Waals surface area contributed by atoms with Crippen LogP contribution >= 0.6 is 0 Å². The number of hydrogen-bond acceptors (Lipinski definition) is 6. The highest BCUT2D eigenvalue weighted by Crippen LogP contribution is 2.24. The predicted octanol–water partition coefficient (Wildman–Crippen LogP) is 1.14. The molecule has 0 atom stereocenters. The number of anilines is 1. The first-order valence-corrected chi connectivity index (χ1v) is 10.2. The second-order valence-corrected chi connectivity index (χ2v) is 7.61. The van der Waals surface area contributed by atoms with Gasteiger partial charge in [-0.2, -0.15) is 0 Å². The van der Waals surface area contributed by atoms with E-state index in [1.54, 1.807) is 19.1 Å². The largest absolute Gasteiger partial charge is 0.353 e. The second kappa shape index (κ2) is 8.84. The second-order valence-electron chi connectivity index (χ2n) is 7.61. The van der Waals surface area contributed by atoms with E-state index in [4.69, 9.17) is 0 Å². The third-order valence-electron chi connectivity index (χ3n) is 5.64. The number of hydrogen-bond donors (Lipinski definition) is 1. The normalized spacial score (nSPS) is 18.1. The zero-order valence-electron chi connectivity index (χ0n) is 16.8. The van der Waals surface area contributed by atoms with Crippen LogP contribution in [0, 0.1) is 12.7 Å². The number of piperazine rings is 2. The van der Waals surface area contributed by atoms with Crippen molar-refractivity contribution in [1.29, 1.82) is 0 Å². The van der Waals surface area contributed by atoms with Gasteiger partial charge in [-0.1, -0.05) is 12.1 Å². The van der Waals surface area contributed by atoms with Crippen molar-refractivity contribution in [2.75, 3.05) is 63.8 Å². The molecule has 0 aliphatic carbocycles. The van der Waals surface area contributed by atoms with Gasteiger partial charge in [0.1, 0.15) is 5.82 Å². The van der Waals surface area contributed by atoms with Crippen molar-refractivity contribution in [3.05, 3.63) is 41.7 Å². The summed E-state index contributed by atoms with van der Waals surface area (Å²) in [7, 11) is 0. The van der Waals surface area contributed by atoms with E-state index in [0.29, 0.717) is 23.4 Å². The van der Waals surface area contributed by atoms with Gasteiger partial charge in [0.25, 0.3) is 0 Å². The molecule has 29 heavy (non-hydrogen) atoms. The molecule has 1 aromatic carbocycles. The zero-order valence-corrected chi connectivity index (χ0v) is 16.8. The lowest BCUT2D eigenvalue weighted by Crippen LogP contribution is -2.53. The van der Waals surface area contributed by atoms with Crippen LogP contribution in [0.25, 0.3) is 11.3 Å². The summed E-state index contributed by atoms with van der Waals surface area (Å²) < 4.78 is 14.3. The lowest BCUT2D eigenvalue weighted by Gasteiger charge is -2.36. The number of nitrogens with zero attached hydrogens (tertiary/aromatic N) is 5. The highest BCUT2D eigenvalue weighted by atomic mass is 19.1. The number of nitrogens with one attached hydrogen (secondary N) is 1. The van der Waals surface area contributed by atoms with Gasteiger partial charge in [0, 0.05) is 57.9 Å². The molecule has 2 aromatic rings. The van der Waals surface area contributed by atoms with Crippen LogP contribution in [0.5, 0.6) is 0 Å². The third kappa shape index (κ3) is 4.54. The van der Waals surface area contributed by atoms with Gasteiger partial charge in [0.15, 0.2) is 5.82 Å². The number of amides is 1. The van der Waals surface area contributed by atoms with Crippen molar-refractivity contribution in [2.24, 2.45) is 0 Å². The number of carbonyl (C=O) groups excluding carboxylic acids is 1. The third-order valence-corrected chi connectivity index (χ3v) is 5.64. The fraction of sp³-hybridized carbons (Fsp3) is 0.476. The molecule has 3 heterocycles. The van der Waals surface area contributed by atoms with Crippen molar-refractivity contribution in [2.45, 2.75) is 6.92 Å². The van der Waals surface area contributed by atoms with Gasteiger partial charge in [-0.25, -0.2) is 4.39 Å². The molecule has 8 heteroatoms. The first-order valence-electron chi connectivity index (χ1n) is 10.2. The molecule has 0 saturated carbocycles. The van der Waals surface area contributed by atoms with Crippen LogP contribution < -0.4 is 10.2 Å². The Balaban J connectivity index is 1.33. The molecule has 0 bridgehead atoms. The zero-order chi connectivity index (χ0) is 20.2. The first kappa shape index (κ1) is 19.7. The minimum absolute atomic E-state index is 0.212. The highest BCUT2D eigenvalue weighted by molar-refractivity contribution is 5.78. The van der Waals surface area contributed by atoms with Crippen LogP contribution in [0.4, 0.5) is 10.2 Å². The van der Waals surface area contributed by atoms with Crippen LogP contribution in [0.2, 0.25) is 0 Å². The molecule has 1 aromatic heterocycles. The Kier molecular flexibility index (Phi) is 6.01. The summed E-state index contributed by atoms with van der Waals surface area (Å²) in [5.74, 6) is 0.747. The average Bonchev–Trinajstić information content (AvgIpc) is 2.77. The van der Waals surface area contributed by atoms with Crippen LogP contribution in [0.3, 0.4) is 0 Å². The van der Waals surface area contributed by atoms with Crippen molar-refractivity contribution < 1.29 is 9.18 Å². The van der Waals surface area contributed by atoms with E-state index in [0.717, 1.165) is 58.2 Å². The smallest absolute Gasteiger partial charge is 0.236 e. The molecule has 2 aliphatic heterocycles. The van der Waals surface area contributed by atoms with E-state index < -0.39 is 0 Å². The Morgan fingerprint density at radius 2 is 1.79 bits per heavy atom. The van der Waals surface area contributed by atoms with Crippen molar-refractivity contribution in [1.82, 2.24) is 25.3 Å². The van der Waals surface area contributed by atoms with E-state index in [-0.39, 0.29) is 11.7 Å². The van der Waals surface area contributed by atoms with Gasteiger partial charge in [-0.15, -0.1) is 10.2 Å². The van der Waals surface area contributed by atoms with Gasteiger partial charge in [-0.3, -0.25) is 9.69 Å². The van der Waals surface area contributed by atoms with E-state index in [1.807, 2.05) is 23.1 Å². The Morgan fingerprint density at radius 1 is 1.03 bits per heavy atom. The number of aromatic nitrogens is 2. The van der Waals surface area contributed by atoms with E-state index in [1.165, 1.54) is 0 Å². The topological polar surface area (TPSA) is 64.6 Å². The van der Waals surface area contributed by atoms with Gasteiger partial charge in [-0.05, 0) is 30.7 Å². The molecular formula is C21H27FN6O. The maximum absolute atomic E-state index is 14.3. The monoisotopic (exact) mass is 398 g/mol. The van der Waals surface area contributed by atoms with E-state index in [2.05, 4.69) is 25.3 Å². The molecule has 0 spiro atoms. The Hall–Kier alpha value is -2.58. The molecule has 2 aliphatic rings. The highest BCUT2D eigenvalue weighted by Gasteiger charge is 2.23. The van der Waals surface area contributed by atoms with Crippen LogP contribution in [0.15, 0.2) is 30.3 Å². The van der Waals surface area contributed by atoms with Gasteiger partial charge in [0.2, 0.25) is 5.91 Å². The van der Waals surface area contributed by atoms with Gasteiger partial charge >= 0.3 is 0 Å². The fourth-order valence-corrected chi connectivity index (χ4v) is 3.82. The minimum atomic E-state index is -0.252. The molecule has 1 N–H and O–H groups in total. The lowest BCUT2D eigenvalue weighted by molar-refractivity contribution is -0.133. The molecule has 1 amide bonds.